The summed E-state index contributed by atoms with van der Waals surface area (Å²) < 4.78 is 39.5. The van der Waals surface area contributed by atoms with E-state index in [4.69, 9.17) is 29.3 Å². The number of piperazine rings is 1. The van der Waals surface area contributed by atoms with E-state index < -0.39 is 23.7 Å². The lowest BCUT2D eigenvalue weighted by molar-refractivity contribution is -0.142. The molecule has 3 aromatic carbocycles. The number of carbonyl (C=O) groups excluding carboxylic acids is 2. The molecule has 8 aliphatic rings. The first-order valence-electron chi connectivity index (χ1n) is 30.9. The quantitative estimate of drug-likeness (QED) is 0.0614. The maximum atomic E-state index is 16.3. The molecule has 5 aromatic heterocycles. The highest BCUT2D eigenvalue weighted by Gasteiger charge is 2.51. The van der Waals surface area contributed by atoms with Gasteiger partial charge in [-0.3, -0.25) is 28.8 Å². The highest BCUT2D eigenvalue weighted by Crippen LogP contribution is 2.58. The molecule has 8 fully saturated rings. The molecule has 4 saturated heterocycles. The van der Waals surface area contributed by atoms with Crippen molar-refractivity contribution < 1.29 is 33.3 Å². The van der Waals surface area contributed by atoms with Crippen molar-refractivity contribution in [3.05, 3.63) is 93.5 Å². The number of pyridine rings is 1. The van der Waals surface area contributed by atoms with Gasteiger partial charge in [-0.2, -0.15) is 25.3 Å². The Morgan fingerprint density at radius 1 is 0.929 bits per heavy atom. The van der Waals surface area contributed by atoms with Gasteiger partial charge < -0.3 is 44.7 Å². The van der Waals surface area contributed by atoms with Crippen molar-refractivity contribution in [3.63, 3.8) is 0 Å². The van der Waals surface area contributed by atoms with Gasteiger partial charge in [-0.1, -0.05) is 26.0 Å². The minimum atomic E-state index is -0.875. The fourth-order valence-corrected chi connectivity index (χ4v) is 15.6. The number of aliphatic hydroxyl groups excluding tert-OH is 1. The number of H-pyrrole nitrogens is 2. The number of aromatic amines is 2. The van der Waals surface area contributed by atoms with E-state index in [2.05, 4.69) is 59.6 Å². The average Bonchev–Trinajstić information content (AvgIpc) is 2.20. The molecule has 8 aromatic rings. The molecule has 0 radical (unpaired) electrons. The van der Waals surface area contributed by atoms with Crippen LogP contribution in [0.5, 0.6) is 11.8 Å². The number of ether oxygens (including phenoxy) is 3. The van der Waals surface area contributed by atoms with Gasteiger partial charge in [-0.25, -0.2) is 4.39 Å². The van der Waals surface area contributed by atoms with Gasteiger partial charge in [0.05, 0.1) is 31.0 Å². The Morgan fingerprint density at radius 2 is 1.74 bits per heavy atom. The van der Waals surface area contributed by atoms with E-state index in [9.17, 15) is 19.5 Å². The third-order valence-electron chi connectivity index (χ3n) is 20.5. The van der Waals surface area contributed by atoms with Crippen LogP contribution in [0, 0.1) is 24.1 Å². The molecule has 4 aliphatic carbocycles. The number of likely N-dealkylation sites (tertiary alicyclic amines) is 1. The van der Waals surface area contributed by atoms with Gasteiger partial charge in [0.1, 0.15) is 41.9 Å². The van der Waals surface area contributed by atoms with Crippen LogP contribution >= 0.6 is 0 Å². The predicted molar refractivity (Wildman–Crippen MR) is 318 cm³/mol. The number of nitrogens with zero attached hydrogens (tertiary/aromatic N) is 9. The molecule has 9 heterocycles. The summed E-state index contributed by atoms with van der Waals surface area (Å²) in [4.78, 5) is 60.8. The number of anilines is 1. The van der Waals surface area contributed by atoms with E-state index in [0.29, 0.717) is 82.8 Å². The average molecular weight is 1160 g/mol. The van der Waals surface area contributed by atoms with Gasteiger partial charge in [0, 0.05) is 126 Å². The van der Waals surface area contributed by atoms with E-state index in [-0.39, 0.29) is 83.5 Å². The number of hydrogen-bond acceptors (Lipinski definition) is 14. The molecule has 16 rings (SSSR count). The molecule has 0 unspecified atom stereocenters. The molecule has 4 bridgehead atoms. The van der Waals surface area contributed by atoms with Crippen molar-refractivity contribution in [2.24, 2.45) is 11.3 Å². The minimum absolute atomic E-state index is 0.00685. The molecular weight excluding hydrogens is 1080 g/mol. The largest absolute Gasteiger partial charge is 0.486 e. The van der Waals surface area contributed by atoms with Crippen molar-refractivity contribution >= 4 is 61.2 Å². The molecule has 4 saturated carbocycles. The predicted octanol–water partition coefficient (Wildman–Crippen LogP) is 8.16. The van der Waals surface area contributed by atoms with E-state index in [1.807, 2.05) is 38.2 Å². The van der Waals surface area contributed by atoms with E-state index >= 15 is 4.39 Å². The third-order valence-corrected chi connectivity index (χ3v) is 20.5. The summed E-state index contributed by atoms with van der Waals surface area (Å²) in [5.41, 5.74) is 6.57. The van der Waals surface area contributed by atoms with Gasteiger partial charge in [0.25, 0.3) is 5.56 Å². The van der Waals surface area contributed by atoms with E-state index in [1.54, 1.807) is 24.0 Å². The Morgan fingerprint density at radius 3 is 2.48 bits per heavy atom. The molecule has 5 atom stereocenters. The first-order valence-corrected chi connectivity index (χ1v) is 30.9. The fraction of sp³-hybridized carbons (Fsp3) is 0.531. The SMILES string of the molecule is CCn1nccc1C12CCC(CNC(=O)[C@@H]3C[C@@H](O)CN3C(=O)[C@H](C(C)C)n3cc4c(n3)c(=O)[nH]c3cc(COc5c(-c6c(C)c(F)cc7[nH]ncc67)c(C6CC6)cc6c(N7C[C@@H]8C[C@H]7CN8)nc(OC7CCOCC7)nc56)ccc34)(CC1)CC2. The molecular formula is C64H74FN13O7. The number of aliphatic hydroxyl groups is 1. The number of halogens is 1. The summed E-state index contributed by atoms with van der Waals surface area (Å²) in [5, 5.41) is 37.6. The summed E-state index contributed by atoms with van der Waals surface area (Å²) in [6.07, 6.45) is 15.1. The maximum absolute atomic E-state index is 16.3. The highest BCUT2D eigenvalue weighted by atomic mass is 19.1. The molecule has 4 aliphatic heterocycles. The Balaban J connectivity index is 0.742. The van der Waals surface area contributed by atoms with Gasteiger partial charge in [0.15, 0.2) is 11.3 Å². The lowest BCUT2D eigenvalue weighted by Crippen LogP contribution is -2.53. The number of carbonyl (C=O) groups is 2. The Labute approximate surface area is 490 Å². The van der Waals surface area contributed by atoms with E-state index in [1.165, 1.54) is 16.7 Å². The Bertz CT molecular complexity index is 4000. The number of aryl methyl sites for hydroxylation is 1. The topological polar surface area (TPSA) is 236 Å². The monoisotopic (exact) mass is 1160 g/mol. The first kappa shape index (κ1) is 54.2. The second-order valence-corrected chi connectivity index (χ2v) is 26.0. The fourth-order valence-electron chi connectivity index (χ4n) is 15.6. The van der Waals surface area contributed by atoms with Crippen LogP contribution in [0.2, 0.25) is 0 Å². The molecule has 2 amide bonds. The van der Waals surface area contributed by atoms with Crippen LogP contribution in [0.1, 0.15) is 132 Å². The van der Waals surface area contributed by atoms with Crippen LogP contribution in [-0.4, -0.2) is 136 Å². The molecule has 20 nitrogen and oxygen atoms in total. The van der Waals surface area contributed by atoms with Gasteiger partial charge in [0.2, 0.25) is 11.8 Å². The first-order chi connectivity index (χ1) is 41.2. The number of rotatable bonds is 16. The van der Waals surface area contributed by atoms with Crippen molar-refractivity contribution in [1.29, 1.82) is 0 Å². The summed E-state index contributed by atoms with van der Waals surface area (Å²) in [6, 6.07) is 10.8. The van der Waals surface area contributed by atoms with E-state index in [0.717, 1.165) is 111 Å². The number of hydrogen-bond donors (Lipinski definition) is 5. The Kier molecular flexibility index (Phi) is 13.3. The third kappa shape index (κ3) is 9.32. The summed E-state index contributed by atoms with van der Waals surface area (Å²) in [6.45, 7) is 12.0. The van der Waals surface area contributed by atoms with Crippen LogP contribution in [0.15, 0.2) is 59.8 Å². The van der Waals surface area contributed by atoms with Crippen LogP contribution < -0.4 is 30.6 Å². The lowest BCUT2D eigenvalue weighted by Gasteiger charge is -2.53. The number of aromatic nitrogens is 9. The zero-order valence-corrected chi connectivity index (χ0v) is 48.8. The zero-order valence-electron chi connectivity index (χ0n) is 48.8. The van der Waals surface area contributed by atoms with Gasteiger partial charge in [-0.05, 0) is 130 Å². The van der Waals surface area contributed by atoms with Crippen molar-refractivity contribution in [2.45, 2.75) is 166 Å². The molecule has 0 spiro atoms. The number of amides is 2. The highest BCUT2D eigenvalue weighted by molar-refractivity contribution is 6.07. The molecule has 85 heavy (non-hydrogen) atoms. The second-order valence-electron chi connectivity index (χ2n) is 26.0. The molecule has 21 heteroatoms. The standard InChI is InChI=1S/C64H74FN13O7/c1-5-77-51(10-19-69-77)64-16-13-63(14-17-64,15-18-64)33-67-59(80)50-24-40(79)30-76(50)61(82)56(34(2)3)78-31-46-42-9-6-36(22-48(42)70-60(81)55(46)74-78)32-84-57-53(52-35(4)47(65)26-49-45(52)28-68-73-49)43(37-7-8-37)25-44-54(57)71-62(85-41-11-20-83-21-12-41)72-58(44)75-29-38-23-39(75)27-66-38/h6,9-10,19,22,25-26,28,31,34,37-41,50,56,66,79H,5,7-8,11-18,20-21,23-24,27,29-30,32-33H2,1-4H3,(H,67,80)(H,68,73)(H,70,81)/t38-,39-,40+,50-,56-,63?,64?/m0/s1. The number of β-amino-alcohol motifs (C(OH)–C–C–N with tert-alkyl or cyclic N) is 1. The smallest absolute Gasteiger partial charge is 0.319 e. The van der Waals surface area contributed by atoms with Crippen LogP contribution in [0.3, 0.4) is 0 Å². The van der Waals surface area contributed by atoms with Crippen LogP contribution in [-0.2, 0) is 32.9 Å². The second kappa shape index (κ2) is 20.9. The van der Waals surface area contributed by atoms with Crippen LogP contribution in [0.4, 0.5) is 10.2 Å². The van der Waals surface area contributed by atoms with Crippen molar-refractivity contribution in [1.82, 2.24) is 60.2 Å². The summed E-state index contributed by atoms with van der Waals surface area (Å²) in [7, 11) is 0. The summed E-state index contributed by atoms with van der Waals surface area (Å²) >= 11 is 0. The lowest BCUT2D eigenvalue weighted by atomic mass is 9.52. The summed E-state index contributed by atoms with van der Waals surface area (Å²) in [5.74, 6) is 0.222. The number of fused-ring (bicyclic) bond motifs is 10. The number of nitrogens with one attached hydrogen (secondary N) is 4. The van der Waals surface area contributed by atoms with Crippen molar-refractivity contribution in [3.8, 4) is 22.9 Å². The zero-order chi connectivity index (χ0) is 58.0. The normalized spacial score (nSPS) is 25.4. The molecule has 444 valence electrons. The number of benzene rings is 3. The van der Waals surface area contributed by atoms with Crippen LogP contribution in [0.25, 0.3) is 54.7 Å². The van der Waals surface area contributed by atoms with Gasteiger partial charge >= 0.3 is 6.01 Å². The van der Waals surface area contributed by atoms with Gasteiger partial charge in [-0.15, -0.1) is 0 Å². The maximum Gasteiger partial charge on any atom is 0.319 e. The van der Waals surface area contributed by atoms with Crippen molar-refractivity contribution in [2.75, 3.05) is 44.3 Å². The minimum Gasteiger partial charge on any atom is -0.486 e. The molecule has 5 N–H and O–H groups in total. The Hall–Kier alpha value is -7.49.